The molecule has 0 saturated carbocycles. The zero-order chi connectivity index (χ0) is 14.7. The summed E-state index contributed by atoms with van der Waals surface area (Å²) in [5.74, 6) is 0.817. The van der Waals surface area contributed by atoms with Crippen LogP contribution in [-0.4, -0.2) is 44.4 Å². The van der Waals surface area contributed by atoms with Crippen LogP contribution in [0.3, 0.4) is 0 Å². The first-order chi connectivity index (χ1) is 10.2. The summed E-state index contributed by atoms with van der Waals surface area (Å²) < 4.78 is 11.4. The van der Waals surface area contributed by atoms with Gasteiger partial charge >= 0.3 is 0 Å². The van der Waals surface area contributed by atoms with E-state index in [1.54, 1.807) is 7.11 Å². The van der Waals surface area contributed by atoms with Crippen molar-refractivity contribution in [2.24, 2.45) is 0 Å². The van der Waals surface area contributed by atoms with Crippen molar-refractivity contribution in [1.82, 2.24) is 10.6 Å². The molecule has 114 valence electrons. The van der Waals surface area contributed by atoms with Gasteiger partial charge in [-0.15, -0.1) is 0 Å². The van der Waals surface area contributed by atoms with Crippen molar-refractivity contribution in [3.05, 3.63) is 29.8 Å². The number of amides is 1. The second-order valence-corrected chi connectivity index (χ2v) is 5.81. The maximum absolute atomic E-state index is 12.1. The van der Waals surface area contributed by atoms with E-state index in [-0.39, 0.29) is 11.5 Å². The van der Waals surface area contributed by atoms with E-state index >= 15 is 0 Å². The number of hydrogen-bond donors (Lipinski definition) is 2. The lowest BCUT2D eigenvalue weighted by Gasteiger charge is -2.43. The number of piperidine rings is 1. The Bertz CT molecular complexity index is 495. The van der Waals surface area contributed by atoms with Crippen LogP contribution >= 0.6 is 0 Å². The van der Waals surface area contributed by atoms with E-state index in [2.05, 4.69) is 10.6 Å². The Morgan fingerprint density at radius 2 is 2.00 bits per heavy atom. The van der Waals surface area contributed by atoms with Crippen molar-refractivity contribution < 1.29 is 14.3 Å². The van der Waals surface area contributed by atoms with Crippen molar-refractivity contribution >= 4 is 5.91 Å². The van der Waals surface area contributed by atoms with Crippen LogP contribution in [0.25, 0.3) is 0 Å². The molecule has 1 spiro atoms. The second-order valence-electron chi connectivity index (χ2n) is 5.81. The highest BCUT2D eigenvalue weighted by Crippen LogP contribution is 2.28. The van der Waals surface area contributed by atoms with E-state index in [4.69, 9.17) is 9.47 Å². The number of nitrogens with one attached hydrogen (secondary N) is 2. The summed E-state index contributed by atoms with van der Waals surface area (Å²) in [5, 5.41) is 6.36. The molecule has 1 aromatic rings. The van der Waals surface area contributed by atoms with Crippen molar-refractivity contribution in [2.45, 2.75) is 31.0 Å². The minimum atomic E-state index is -0.398. The van der Waals surface area contributed by atoms with Gasteiger partial charge in [-0.05, 0) is 43.6 Å². The lowest BCUT2D eigenvalue weighted by molar-refractivity contribution is -0.166. The van der Waals surface area contributed by atoms with Crippen LogP contribution in [0.2, 0.25) is 0 Å². The molecular weight excluding hydrogens is 268 g/mol. The number of ether oxygens (including phenoxy) is 2. The molecule has 3 rings (SSSR count). The molecule has 0 aromatic heterocycles. The smallest absolute Gasteiger partial charge is 0.249 e. The molecule has 5 heteroatoms. The second kappa shape index (κ2) is 6.03. The van der Waals surface area contributed by atoms with Crippen LogP contribution in [0.4, 0.5) is 0 Å². The largest absolute Gasteiger partial charge is 0.497 e. The average Bonchev–Trinajstić information content (AvgIpc) is 2.53. The topological polar surface area (TPSA) is 59.6 Å². The van der Waals surface area contributed by atoms with Crippen LogP contribution in [0.15, 0.2) is 24.3 Å². The molecular formula is C16H22N2O3. The fourth-order valence-electron chi connectivity index (χ4n) is 3.05. The predicted octanol–water partition coefficient (Wildman–Crippen LogP) is 0.875. The molecule has 2 saturated heterocycles. The van der Waals surface area contributed by atoms with Gasteiger partial charge in [0.05, 0.1) is 12.7 Å². The van der Waals surface area contributed by atoms with Crippen LogP contribution in [0.1, 0.15) is 18.4 Å². The van der Waals surface area contributed by atoms with Crippen molar-refractivity contribution in [1.29, 1.82) is 0 Å². The van der Waals surface area contributed by atoms with Crippen LogP contribution in [0.5, 0.6) is 5.75 Å². The van der Waals surface area contributed by atoms with Gasteiger partial charge in [0, 0.05) is 13.0 Å². The Morgan fingerprint density at radius 1 is 1.29 bits per heavy atom. The normalized spacial score (nSPS) is 24.6. The molecule has 2 N–H and O–H groups in total. The van der Waals surface area contributed by atoms with Gasteiger partial charge in [0.25, 0.3) is 0 Å². The molecule has 0 radical (unpaired) electrons. The average molecular weight is 290 g/mol. The third-order valence-corrected chi connectivity index (χ3v) is 4.36. The number of rotatable bonds is 3. The Labute approximate surface area is 125 Å². The first kappa shape index (κ1) is 14.4. The minimum absolute atomic E-state index is 0.00465. The van der Waals surface area contributed by atoms with E-state index in [1.807, 2.05) is 24.3 Å². The van der Waals surface area contributed by atoms with Crippen LogP contribution < -0.4 is 15.4 Å². The van der Waals surface area contributed by atoms with Gasteiger partial charge < -0.3 is 20.1 Å². The Balaban J connectivity index is 1.68. The third kappa shape index (κ3) is 3.19. The van der Waals surface area contributed by atoms with Gasteiger partial charge in [0.15, 0.2) is 0 Å². The Kier molecular flexibility index (Phi) is 4.12. The van der Waals surface area contributed by atoms with Crippen molar-refractivity contribution in [3.63, 3.8) is 0 Å². The van der Waals surface area contributed by atoms with Crippen LogP contribution in [0, 0.1) is 0 Å². The van der Waals surface area contributed by atoms with E-state index < -0.39 is 6.10 Å². The molecule has 1 amide bonds. The lowest BCUT2D eigenvalue weighted by atomic mass is 9.89. The van der Waals surface area contributed by atoms with Gasteiger partial charge in [-0.1, -0.05) is 12.1 Å². The number of methoxy groups -OCH3 is 1. The van der Waals surface area contributed by atoms with Gasteiger partial charge in [0.1, 0.15) is 11.9 Å². The van der Waals surface area contributed by atoms with Crippen molar-refractivity contribution in [3.8, 4) is 5.75 Å². The number of carbonyl (C=O) groups is 1. The van der Waals surface area contributed by atoms with Gasteiger partial charge in [-0.25, -0.2) is 0 Å². The highest BCUT2D eigenvalue weighted by atomic mass is 16.5. The Morgan fingerprint density at radius 3 is 2.67 bits per heavy atom. The highest BCUT2D eigenvalue weighted by Gasteiger charge is 2.41. The van der Waals surface area contributed by atoms with Gasteiger partial charge in [-0.2, -0.15) is 0 Å². The molecule has 1 atom stereocenters. The van der Waals surface area contributed by atoms with E-state index in [9.17, 15) is 4.79 Å². The van der Waals surface area contributed by atoms with Gasteiger partial charge in [-0.3, -0.25) is 4.79 Å². The van der Waals surface area contributed by atoms with Crippen molar-refractivity contribution in [2.75, 3.05) is 26.7 Å². The summed E-state index contributed by atoms with van der Waals surface area (Å²) in [6.07, 6.45) is 2.11. The standard InChI is InChI=1S/C16H22N2O3/c1-20-13-4-2-12(3-5-13)10-14-15(19)18-11-16(21-14)6-8-17-9-7-16/h2-5,14,17H,6-11H2,1H3,(H,18,19). The van der Waals surface area contributed by atoms with E-state index in [0.29, 0.717) is 13.0 Å². The van der Waals surface area contributed by atoms with Crippen LogP contribution in [-0.2, 0) is 16.0 Å². The molecule has 0 aliphatic carbocycles. The minimum Gasteiger partial charge on any atom is -0.497 e. The molecule has 2 fully saturated rings. The fourth-order valence-corrected chi connectivity index (χ4v) is 3.05. The molecule has 21 heavy (non-hydrogen) atoms. The Hall–Kier alpha value is -1.59. The molecule has 1 aromatic carbocycles. The van der Waals surface area contributed by atoms with Gasteiger partial charge in [0.2, 0.25) is 5.91 Å². The summed E-state index contributed by atoms with van der Waals surface area (Å²) in [6, 6.07) is 7.80. The summed E-state index contributed by atoms with van der Waals surface area (Å²) in [4.78, 5) is 12.1. The van der Waals surface area contributed by atoms with E-state index in [1.165, 1.54) is 0 Å². The predicted molar refractivity (Wildman–Crippen MR) is 79.4 cm³/mol. The molecule has 5 nitrogen and oxygen atoms in total. The molecule has 1 unspecified atom stereocenters. The summed E-state index contributed by atoms with van der Waals surface area (Å²) >= 11 is 0. The first-order valence-corrected chi connectivity index (χ1v) is 7.50. The number of carbonyl (C=O) groups excluding carboxylic acids is 1. The molecule has 2 aliphatic heterocycles. The number of benzene rings is 1. The zero-order valence-electron chi connectivity index (χ0n) is 12.4. The SMILES string of the molecule is COc1ccc(CC2OC3(CCNCC3)CNC2=O)cc1. The quantitative estimate of drug-likeness (QED) is 0.867. The molecule has 2 aliphatic rings. The van der Waals surface area contributed by atoms with E-state index in [0.717, 1.165) is 37.2 Å². The summed E-state index contributed by atoms with van der Waals surface area (Å²) in [7, 11) is 1.65. The maximum Gasteiger partial charge on any atom is 0.249 e. The highest BCUT2D eigenvalue weighted by molar-refractivity contribution is 5.82. The first-order valence-electron chi connectivity index (χ1n) is 7.50. The molecule has 0 bridgehead atoms. The third-order valence-electron chi connectivity index (χ3n) is 4.36. The fraction of sp³-hybridized carbons (Fsp3) is 0.562. The summed E-state index contributed by atoms with van der Waals surface area (Å²) in [6.45, 7) is 2.53. The maximum atomic E-state index is 12.1. The number of hydrogen-bond acceptors (Lipinski definition) is 4. The molecule has 2 heterocycles. The zero-order valence-corrected chi connectivity index (χ0v) is 12.4. The number of morpholine rings is 1. The summed E-state index contributed by atoms with van der Waals surface area (Å²) in [5.41, 5.74) is 0.901. The lowest BCUT2D eigenvalue weighted by Crippen LogP contribution is -2.60. The monoisotopic (exact) mass is 290 g/mol.